The third kappa shape index (κ3) is 3.62. The molecule has 2 heterocycles. The smallest absolute Gasteiger partial charge is 0.252 e. The number of hydrogen-bond donors (Lipinski definition) is 1. The van der Waals surface area contributed by atoms with Crippen molar-refractivity contribution in [3.63, 3.8) is 0 Å². The summed E-state index contributed by atoms with van der Waals surface area (Å²) in [6.07, 6.45) is 0.946. The van der Waals surface area contributed by atoms with Crippen molar-refractivity contribution in [1.82, 2.24) is 9.88 Å². The van der Waals surface area contributed by atoms with Crippen LogP contribution in [0.1, 0.15) is 6.42 Å². The predicted molar refractivity (Wildman–Crippen MR) is 81.9 cm³/mol. The molecule has 1 aromatic heterocycles. The molecule has 0 aliphatic carbocycles. The molecule has 0 atom stereocenters. The molecule has 0 spiro atoms. The number of nitrogens with one attached hydrogen (secondary N) is 1. The topological polar surface area (TPSA) is 54.6 Å². The summed E-state index contributed by atoms with van der Waals surface area (Å²) in [7, 11) is 0. The van der Waals surface area contributed by atoms with E-state index in [1.165, 1.54) is 6.07 Å². The van der Waals surface area contributed by atoms with E-state index in [0.717, 1.165) is 50.2 Å². The van der Waals surface area contributed by atoms with Crippen LogP contribution in [0.15, 0.2) is 35.1 Å². The lowest BCUT2D eigenvalue weighted by Crippen LogP contribution is -2.37. The van der Waals surface area contributed by atoms with Gasteiger partial charge in [-0.3, -0.25) is 9.69 Å². The molecule has 1 aliphatic heterocycles. The minimum Gasteiger partial charge on any atom is -0.493 e. The second-order valence-electron chi connectivity index (χ2n) is 5.20. The van der Waals surface area contributed by atoms with Crippen LogP contribution < -0.4 is 10.3 Å². The van der Waals surface area contributed by atoms with Crippen molar-refractivity contribution < 1.29 is 9.47 Å². The molecule has 0 bridgehead atoms. The SMILES string of the molecule is O=c1cc(OCCCN2CCOCC2)c2ccccc2[nH]1. The van der Waals surface area contributed by atoms with Gasteiger partial charge in [0.1, 0.15) is 5.75 Å². The average molecular weight is 288 g/mol. The zero-order valence-corrected chi connectivity index (χ0v) is 12.0. The number of pyridine rings is 1. The second-order valence-corrected chi connectivity index (χ2v) is 5.20. The van der Waals surface area contributed by atoms with Crippen LogP contribution in [0.3, 0.4) is 0 Å². The number of hydrogen-bond acceptors (Lipinski definition) is 4. The third-order valence-corrected chi connectivity index (χ3v) is 3.69. The second kappa shape index (κ2) is 6.74. The fourth-order valence-electron chi connectivity index (χ4n) is 2.59. The molecule has 1 aromatic carbocycles. The molecule has 0 radical (unpaired) electrons. The fraction of sp³-hybridized carbons (Fsp3) is 0.438. The van der Waals surface area contributed by atoms with Crippen molar-refractivity contribution in [2.75, 3.05) is 39.5 Å². The Morgan fingerprint density at radius 2 is 2.05 bits per heavy atom. The largest absolute Gasteiger partial charge is 0.493 e. The maximum Gasteiger partial charge on any atom is 0.252 e. The van der Waals surface area contributed by atoms with Crippen molar-refractivity contribution in [2.45, 2.75) is 6.42 Å². The van der Waals surface area contributed by atoms with Gasteiger partial charge >= 0.3 is 0 Å². The molecule has 1 fully saturated rings. The zero-order chi connectivity index (χ0) is 14.5. The number of ether oxygens (including phenoxy) is 2. The van der Waals surface area contributed by atoms with Crippen LogP contribution in [-0.2, 0) is 4.74 Å². The Labute approximate surface area is 123 Å². The molecule has 1 aliphatic rings. The van der Waals surface area contributed by atoms with E-state index in [4.69, 9.17) is 9.47 Å². The van der Waals surface area contributed by atoms with E-state index in [0.29, 0.717) is 12.4 Å². The summed E-state index contributed by atoms with van der Waals surface area (Å²) in [5, 5.41) is 0.948. The lowest BCUT2D eigenvalue weighted by Gasteiger charge is -2.26. The van der Waals surface area contributed by atoms with E-state index in [2.05, 4.69) is 9.88 Å². The van der Waals surface area contributed by atoms with Gasteiger partial charge in [0.05, 0.1) is 25.3 Å². The first-order chi connectivity index (χ1) is 10.3. The standard InChI is InChI=1S/C16H20N2O3/c19-16-12-15(13-4-1-2-5-14(13)17-16)21-9-3-6-18-7-10-20-11-8-18/h1-2,4-5,12H,3,6-11H2,(H,17,19). The summed E-state index contributed by atoms with van der Waals surface area (Å²) >= 11 is 0. The van der Waals surface area contributed by atoms with Crippen LogP contribution in [0.5, 0.6) is 5.75 Å². The molecular weight excluding hydrogens is 268 g/mol. The van der Waals surface area contributed by atoms with Gasteiger partial charge in [-0.2, -0.15) is 0 Å². The highest BCUT2D eigenvalue weighted by molar-refractivity contribution is 5.84. The minimum atomic E-state index is -0.128. The number of fused-ring (bicyclic) bond motifs is 1. The number of morpholine rings is 1. The summed E-state index contributed by atoms with van der Waals surface area (Å²) in [5.41, 5.74) is 0.685. The van der Waals surface area contributed by atoms with E-state index in [1.54, 1.807) is 0 Å². The van der Waals surface area contributed by atoms with Crippen LogP contribution in [-0.4, -0.2) is 49.3 Å². The minimum absolute atomic E-state index is 0.128. The number of aromatic nitrogens is 1. The molecular formula is C16H20N2O3. The highest BCUT2D eigenvalue weighted by atomic mass is 16.5. The number of H-pyrrole nitrogens is 1. The molecule has 2 aromatic rings. The van der Waals surface area contributed by atoms with Gasteiger partial charge in [-0.1, -0.05) is 12.1 Å². The Morgan fingerprint density at radius 1 is 1.24 bits per heavy atom. The first kappa shape index (κ1) is 14.1. The lowest BCUT2D eigenvalue weighted by atomic mass is 10.2. The molecule has 1 saturated heterocycles. The highest BCUT2D eigenvalue weighted by Gasteiger charge is 2.10. The first-order valence-electron chi connectivity index (χ1n) is 7.38. The van der Waals surface area contributed by atoms with Crippen molar-refractivity contribution in [2.24, 2.45) is 0 Å². The third-order valence-electron chi connectivity index (χ3n) is 3.69. The van der Waals surface area contributed by atoms with Crippen LogP contribution in [0.25, 0.3) is 10.9 Å². The average Bonchev–Trinajstić information content (AvgIpc) is 2.52. The Hall–Kier alpha value is -1.85. The number of para-hydroxylation sites is 1. The van der Waals surface area contributed by atoms with E-state index in [-0.39, 0.29) is 5.56 Å². The van der Waals surface area contributed by atoms with Crippen LogP contribution in [0.4, 0.5) is 0 Å². The van der Waals surface area contributed by atoms with Crippen LogP contribution in [0, 0.1) is 0 Å². The molecule has 3 rings (SSSR count). The summed E-state index contributed by atoms with van der Waals surface area (Å²) in [6, 6.07) is 9.22. The monoisotopic (exact) mass is 288 g/mol. The molecule has 0 saturated carbocycles. The van der Waals surface area contributed by atoms with Gasteiger partial charge in [-0.15, -0.1) is 0 Å². The predicted octanol–water partition coefficient (Wildman–Crippen LogP) is 1.63. The van der Waals surface area contributed by atoms with Crippen molar-refractivity contribution in [3.8, 4) is 5.75 Å². The first-order valence-corrected chi connectivity index (χ1v) is 7.38. The normalized spacial score (nSPS) is 16.2. The molecule has 5 nitrogen and oxygen atoms in total. The molecule has 1 N–H and O–H groups in total. The molecule has 0 amide bonds. The van der Waals surface area contributed by atoms with Gasteiger partial charge in [-0.05, 0) is 18.6 Å². The molecule has 5 heteroatoms. The Balaban J connectivity index is 1.58. The summed E-state index contributed by atoms with van der Waals surface area (Å²) in [6.45, 7) is 5.25. The molecule has 112 valence electrons. The summed E-state index contributed by atoms with van der Waals surface area (Å²) < 4.78 is 11.1. The molecule has 21 heavy (non-hydrogen) atoms. The molecule has 0 unspecified atom stereocenters. The van der Waals surface area contributed by atoms with Gasteiger partial charge in [0.15, 0.2) is 0 Å². The van der Waals surface area contributed by atoms with Crippen molar-refractivity contribution >= 4 is 10.9 Å². The number of nitrogens with zero attached hydrogens (tertiary/aromatic N) is 1. The van der Waals surface area contributed by atoms with E-state index in [1.807, 2.05) is 24.3 Å². The van der Waals surface area contributed by atoms with Gasteiger partial charge in [0, 0.05) is 31.1 Å². The van der Waals surface area contributed by atoms with E-state index >= 15 is 0 Å². The quantitative estimate of drug-likeness (QED) is 0.850. The number of benzene rings is 1. The van der Waals surface area contributed by atoms with E-state index < -0.39 is 0 Å². The van der Waals surface area contributed by atoms with Crippen LogP contribution in [0.2, 0.25) is 0 Å². The van der Waals surface area contributed by atoms with E-state index in [9.17, 15) is 4.79 Å². The van der Waals surface area contributed by atoms with Gasteiger partial charge in [0.2, 0.25) is 0 Å². The Bertz CT molecular complexity index is 647. The Kier molecular flexibility index (Phi) is 4.52. The van der Waals surface area contributed by atoms with Crippen molar-refractivity contribution in [1.29, 1.82) is 0 Å². The summed E-state index contributed by atoms with van der Waals surface area (Å²) in [5.74, 6) is 0.663. The number of rotatable bonds is 5. The highest BCUT2D eigenvalue weighted by Crippen LogP contribution is 2.21. The summed E-state index contributed by atoms with van der Waals surface area (Å²) in [4.78, 5) is 16.8. The maximum atomic E-state index is 11.6. The maximum absolute atomic E-state index is 11.6. The van der Waals surface area contributed by atoms with Gasteiger partial charge < -0.3 is 14.5 Å². The zero-order valence-electron chi connectivity index (χ0n) is 12.0. The van der Waals surface area contributed by atoms with Gasteiger partial charge in [-0.25, -0.2) is 0 Å². The lowest BCUT2D eigenvalue weighted by molar-refractivity contribution is 0.0358. The van der Waals surface area contributed by atoms with Crippen LogP contribution >= 0.6 is 0 Å². The van der Waals surface area contributed by atoms with Crippen molar-refractivity contribution in [3.05, 3.63) is 40.7 Å². The number of aromatic amines is 1. The van der Waals surface area contributed by atoms with Gasteiger partial charge in [0.25, 0.3) is 5.56 Å². The Morgan fingerprint density at radius 3 is 2.90 bits per heavy atom. The fourth-order valence-corrected chi connectivity index (χ4v) is 2.59.